The van der Waals surface area contributed by atoms with Crippen LogP contribution in [0.1, 0.15) is 32.1 Å². The summed E-state index contributed by atoms with van der Waals surface area (Å²) in [5.74, 6) is 0.716. The van der Waals surface area contributed by atoms with Gasteiger partial charge in [-0.05, 0) is 18.9 Å². The van der Waals surface area contributed by atoms with Gasteiger partial charge >= 0.3 is 0 Å². The number of carbonyl (C=O) groups is 1. The molecular formula is C23H29N5O3S. The lowest BCUT2D eigenvalue weighted by atomic mass is 9.79. The molecule has 3 heterocycles. The maximum Gasteiger partial charge on any atom is 0.277 e. The number of morpholine rings is 1. The van der Waals surface area contributed by atoms with Crippen molar-refractivity contribution in [3.05, 3.63) is 30.5 Å². The molecule has 0 radical (unpaired) electrons. The highest BCUT2D eigenvalue weighted by Crippen LogP contribution is 2.34. The number of hydrogen-bond donors (Lipinski definition) is 2. The maximum atomic E-state index is 12.6. The molecule has 0 atom stereocenters. The highest BCUT2D eigenvalue weighted by atomic mass is 32.2. The van der Waals surface area contributed by atoms with Crippen molar-refractivity contribution >= 4 is 28.6 Å². The van der Waals surface area contributed by atoms with E-state index in [0.717, 1.165) is 55.6 Å². The molecule has 32 heavy (non-hydrogen) atoms. The number of carbonyl (C=O) groups excluding carboxylic acids is 1. The van der Waals surface area contributed by atoms with Gasteiger partial charge < -0.3 is 19.5 Å². The molecule has 3 aromatic rings. The molecule has 1 saturated carbocycles. The normalized spacial score (nSPS) is 19.2. The first-order valence-corrected chi connectivity index (χ1v) is 12.3. The molecule has 170 valence electrons. The topological polar surface area (TPSA) is 96.3 Å². The standard InChI is InChI=1S/C23H29N5O3S/c29-20(25-16-23(8-4-1-5-9-23)28-10-12-30-13-11-28)15-32-22-27-26-21(31-22)18-14-24-19-7-3-2-6-17(18)19/h2-3,6-7,14,24H,1,4-5,8-13,15-16H2,(H,25,29). The zero-order valence-corrected chi connectivity index (χ0v) is 19.0. The van der Waals surface area contributed by atoms with Gasteiger partial charge in [-0.15, -0.1) is 10.2 Å². The van der Waals surface area contributed by atoms with Crippen molar-refractivity contribution in [2.45, 2.75) is 42.9 Å². The van der Waals surface area contributed by atoms with E-state index in [1.165, 1.54) is 31.0 Å². The Morgan fingerprint density at radius 2 is 1.97 bits per heavy atom. The Labute approximate surface area is 191 Å². The first-order chi connectivity index (χ1) is 15.7. The van der Waals surface area contributed by atoms with Crippen LogP contribution in [0.15, 0.2) is 40.1 Å². The number of amides is 1. The van der Waals surface area contributed by atoms with Gasteiger partial charge in [0.15, 0.2) is 0 Å². The molecule has 2 aromatic heterocycles. The molecule has 1 aliphatic heterocycles. The molecule has 1 amide bonds. The van der Waals surface area contributed by atoms with E-state index in [4.69, 9.17) is 9.15 Å². The summed E-state index contributed by atoms with van der Waals surface area (Å²) in [6.07, 6.45) is 7.87. The van der Waals surface area contributed by atoms with Crippen molar-refractivity contribution < 1.29 is 13.9 Å². The minimum atomic E-state index is 0.0000483. The van der Waals surface area contributed by atoms with Crippen LogP contribution in [0, 0.1) is 0 Å². The Kier molecular flexibility index (Phi) is 6.47. The number of benzene rings is 1. The van der Waals surface area contributed by atoms with E-state index in [9.17, 15) is 4.79 Å². The number of H-pyrrole nitrogens is 1. The lowest BCUT2D eigenvalue weighted by Gasteiger charge is -2.48. The van der Waals surface area contributed by atoms with Crippen LogP contribution in [0.2, 0.25) is 0 Å². The number of aromatic amines is 1. The molecular weight excluding hydrogens is 426 g/mol. The molecule has 2 aliphatic rings. The zero-order chi connectivity index (χ0) is 21.8. The molecule has 8 nitrogen and oxygen atoms in total. The Hall–Kier alpha value is -2.36. The van der Waals surface area contributed by atoms with Crippen LogP contribution in [0.5, 0.6) is 0 Å². The van der Waals surface area contributed by atoms with Crippen LogP contribution in [-0.4, -0.2) is 70.1 Å². The predicted molar refractivity (Wildman–Crippen MR) is 124 cm³/mol. The van der Waals surface area contributed by atoms with E-state index >= 15 is 0 Å². The van der Waals surface area contributed by atoms with Gasteiger partial charge in [0, 0.05) is 42.3 Å². The summed E-state index contributed by atoms with van der Waals surface area (Å²) in [6.45, 7) is 4.15. The van der Waals surface area contributed by atoms with Gasteiger partial charge in [-0.1, -0.05) is 49.2 Å². The molecule has 9 heteroatoms. The van der Waals surface area contributed by atoms with E-state index in [-0.39, 0.29) is 17.2 Å². The van der Waals surface area contributed by atoms with E-state index < -0.39 is 0 Å². The van der Waals surface area contributed by atoms with Crippen LogP contribution >= 0.6 is 11.8 Å². The van der Waals surface area contributed by atoms with Crippen LogP contribution in [0.4, 0.5) is 0 Å². The zero-order valence-electron chi connectivity index (χ0n) is 18.1. The number of aromatic nitrogens is 3. The lowest BCUT2D eigenvalue weighted by Crippen LogP contribution is -2.59. The van der Waals surface area contributed by atoms with E-state index in [0.29, 0.717) is 17.7 Å². The summed E-state index contributed by atoms with van der Waals surface area (Å²) in [7, 11) is 0. The van der Waals surface area contributed by atoms with Crippen molar-refractivity contribution in [3.63, 3.8) is 0 Å². The van der Waals surface area contributed by atoms with Gasteiger partial charge in [0.1, 0.15) is 0 Å². The summed E-state index contributed by atoms with van der Waals surface area (Å²) in [5, 5.41) is 12.9. The second kappa shape index (κ2) is 9.64. The third-order valence-electron chi connectivity index (χ3n) is 6.63. The number of thioether (sulfide) groups is 1. The minimum absolute atomic E-state index is 0.0000483. The fraction of sp³-hybridized carbons (Fsp3) is 0.522. The van der Waals surface area contributed by atoms with Gasteiger partial charge in [-0.25, -0.2) is 0 Å². The number of hydrogen-bond acceptors (Lipinski definition) is 7. The van der Waals surface area contributed by atoms with Crippen molar-refractivity contribution in [1.29, 1.82) is 0 Å². The molecule has 1 aliphatic carbocycles. The lowest BCUT2D eigenvalue weighted by molar-refractivity contribution is -0.119. The largest absolute Gasteiger partial charge is 0.411 e. The van der Waals surface area contributed by atoms with E-state index in [1.54, 1.807) is 0 Å². The van der Waals surface area contributed by atoms with E-state index in [2.05, 4.69) is 25.4 Å². The summed E-state index contributed by atoms with van der Waals surface area (Å²) in [5.41, 5.74) is 1.95. The first-order valence-electron chi connectivity index (χ1n) is 11.4. The second-order valence-corrected chi connectivity index (χ2v) is 9.50. The van der Waals surface area contributed by atoms with Gasteiger partial charge in [0.25, 0.3) is 11.1 Å². The number of ether oxygens (including phenoxy) is 1. The number of para-hydroxylation sites is 1. The minimum Gasteiger partial charge on any atom is -0.411 e. The highest BCUT2D eigenvalue weighted by molar-refractivity contribution is 7.99. The summed E-state index contributed by atoms with van der Waals surface area (Å²) >= 11 is 1.28. The molecule has 0 unspecified atom stereocenters. The third-order valence-corrected chi connectivity index (χ3v) is 7.45. The second-order valence-electron chi connectivity index (χ2n) is 8.57. The monoisotopic (exact) mass is 455 g/mol. The van der Waals surface area contributed by atoms with Gasteiger partial charge in [-0.3, -0.25) is 9.69 Å². The van der Waals surface area contributed by atoms with Crippen LogP contribution in [0.3, 0.4) is 0 Å². The molecule has 2 fully saturated rings. The molecule has 1 aromatic carbocycles. The quantitative estimate of drug-likeness (QED) is 0.527. The third kappa shape index (κ3) is 4.55. The molecule has 5 rings (SSSR count). The average molecular weight is 456 g/mol. The average Bonchev–Trinajstić information content (AvgIpc) is 3.49. The van der Waals surface area contributed by atoms with Crippen molar-refractivity contribution in [1.82, 2.24) is 25.4 Å². The Morgan fingerprint density at radius 1 is 1.16 bits per heavy atom. The predicted octanol–water partition coefficient (Wildman–Crippen LogP) is 3.46. The number of nitrogens with zero attached hydrogens (tertiary/aromatic N) is 3. The number of nitrogens with one attached hydrogen (secondary N) is 2. The molecule has 2 N–H and O–H groups in total. The molecule has 1 saturated heterocycles. The summed E-state index contributed by atoms with van der Waals surface area (Å²) in [6, 6.07) is 7.98. The van der Waals surface area contributed by atoms with Gasteiger partial charge in [0.2, 0.25) is 5.91 Å². The summed E-state index contributed by atoms with van der Waals surface area (Å²) in [4.78, 5) is 18.4. The highest BCUT2D eigenvalue weighted by Gasteiger charge is 2.38. The first kappa shape index (κ1) is 21.5. The fourth-order valence-corrected chi connectivity index (χ4v) is 5.51. The van der Waals surface area contributed by atoms with Gasteiger partial charge in [-0.2, -0.15) is 0 Å². The van der Waals surface area contributed by atoms with Crippen molar-refractivity contribution in [2.24, 2.45) is 0 Å². The van der Waals surface area contributed by atoms with Crippen LogP contribution in [0.25, 0.3) is 22.4 Å². The Morgan fingerprint density at radius 3 is 2.81 bits per heavy atom. The smallest absolute Gasteiger partial charge is 0.277 e. The van der Waals surface area contributed by atoms with Crippen molar-refractivity contribution in [3.8, 4) is 11.5 Å². The molecule has 0 bridgehead atoms. The summed E-state index contributed by atoms with van der Waals surface area (Å²) < 4.78 is 11.4. The van der Waals surface area contributed by atoms with Gasteiger partial charge in [0.05, 0.1) is 24.5 Å². The number of fused-ring (bicyclic) bond motifs is 1. The Balaban J connectivity index is 1.17. The maximum absolute atomic E-state index is 12.6. The SMILES string of the molecule is O=C(CSc1nnc(-c2c[nH]c3ccccc23)o1)NCC1(N2CCOCC2)CCCCC1. The molecule has 0 spiro atoms. The van der Waals surface area contributed by atoms with E-state index in [1.807, 2.05) is 30.5 Å². The fourth-order valence-electron chi connectivity index (χ4n) is 4.92. The Bertz CT molecular complexity index is 1050. The van der Waals surface area contributed by atoms with Crippen LogP contribution in [-0.2, 0) is 9.53 Å². The van der Waals surface area contributed by atoms with Crippen LogP contribution < -0.4 is 5.32 Å². The van der Waals surface area contributed by atoms with Crippen molar-refractivity contribution in [2.75, 3.05) is 38.6 Å². The number of rotatable bonds is 7.